The van der Waals surface area contributed by atoms with Gasteiger partial charge in [0.25, 0.3) is 0 Å². The Balaban J connectivity index is 1.11. The molecule has 1 spiro atoms. The van der Waals surface area contributed by atoms with Crippen molar-refractivity contribution < 1.29 is 0 Å². The van der Waals surface area contributed by atoms with Crippen molar-refractivity contribution >= 4 is 49.6 Å². The number of fused-ring (bicyclic) bond motifs is 14. The van der Waals surface area contributed by atoms with Crippen molar-refractivity contribution in [2.45, 2.75) is 5.41 Å². The lowest BCUT2D eigenvalue weighted by Gasteiger charge is -2.32. The number of nitrogens with zero attached hydrogens (tertiary/aromatic N) is 2. The first-order valence-corrected chi connectivity index (χ1v) is 21.2. The van der Waals surface area contributed by atoms with E-state index in [1.165, 1.54) is 88.2 Å². The summed E-state index contributed by atoms with van der Waals surface area (Å²) in [5.41, 5.74) is 19.3. The lowest BCUT2D eigenvalue weighted by Crippen LogP contribution is -2.26. The average molecular weight is 775 g/mol. The Kier molecular flexibility index (Phi) is 7.26. The number of para-hydroxylation sites is 2. The summed E-state index contributed by atoms with van der Waals surface area (Å²) >= 11 is 0. The van der Waals surface area contributed by atoms with E-state index in [0.717, 1.165) is 22.7 Å². The Bertz CT molecular complexity index is 3470. The normalized spacial score (nSPS) is 13.0. The SMILES string of the molecule is c1ccc(-c2ccc(N(c3ccc4c(c3)C3(c5ccccc5-c5ccccc53)c3ccccc3-4)c3cccc4c5ccccc5n(-c5ccc6ccccc6c5)c34)cc2)cc1. The number of hydrogen-bond acceptors (Lipinski definition) is 1. The fourth-order valence-corrected chi connectivity index (χ4v) is 10.8. The molecule has 2 aliphatic rings. The highest BCUT2D eigenvalue weighted by Crippen LogP contribution is 2.63. The van der Waals surface area contributed by atoms with Gasteiger partial charge in [-0.2, -0.15) is 0 Å². The Morgan fingerprint density at radius 2 is 0.902 bits per heavy atom. The molecule has 0 fully saturated rings. The third-order valence-corrected chi connectivity index (χ3v) is 13.4. The molecule has 11 aromatic rings. The van der Waals surface area contributed by atoms with Crippen LogP contribution in [0.2, 0.25) is 0 Å². The fourth-order valence-electron chi connectivity index (χ4n) is 10.8. The molecule has 61 heavy (non-hydrogen) atoms. The van der Waals surface area contributed by atoms with Crippen LogP contribution in [0.5, 0.6) is 0 Å². The first-order valence-electron chi connectivity index (χ1n) is 21.2. The zero-order chi connectivity index (χ0) is 40.1. The third-order valence-electron chi connectivity index (χ3n) is 13.4. The highest BCUT2D eigenvalue weighted by atomic mass is 15.2. The number of rotatable bonds is 5. The molecule has 13 rings (SSSR count). The molecule has 0 radical (unpaired) electrons. The van der Waals surface area contributed by atoms with Crippen molar-refractivity contribution in [1.29, 1.82) is 0 Å². The summed E-state index contributed by atoms with van der Waals surface area (Å²) in [6, 6.07) is 85.4. The maximum atomic E-state index is 2.50. The molecule has 0 bridgehead atoms. The standard InChI is InChI=1S/C59H38N2/c1-2-15-39(16-3-1)41-29-32-43(33-30-41)60(57-28-14-23-51-50-22-9-13-27-56(50)61(58(51)57)44-34-31-40-17-4-5-18-42(40)37-44)45-35-36-49-48-21-8-12-26-54(48)59(55(49)38-45)52-24-10-6-19-46(52)47-20-7-11-25-53(47)59/h1-38H. The number of aromatic nitrogens is 1. The molecule has 0 aliphatic heterocycles. The minimum absolute atomic E-state index is 0.454. The molecular weight excluding hydrogens is 737 g/mol. The first kappa shape index (κ1) is 34.0. The van der Waals surface area contributed by atoms with Crippen LogP contribution in [-0.2, 0) is 5.41 Å². The van der Waals surface area contributed by atoms with Crippen molar-refractivity contribution in [2.24, 2.45) is 0 Å². The van der Waals surface area contributed by atoms with Crippen molar-refractivity contribution in [3.8, 4) is 39.1 Å². The van der Waals surface area contributed by atoms with Gasteiger partial charge in [0, 0.05) is 27.8 Å². The summed E-state index contributed by atoms with van der Waals surface area (Å²) in [5, 5.41) is 4.90. The van der Waals surface area contributed by atoms with Gasteiger partial charge in [0.1, 0.15) is 0 Å². The van der Waals surface area contributed by atoms with Gasteiger partial charge in [-0.05, 0) is 115 Å². The lowest BCUT2D eigenvalue weighted by atomic mass is 9.70. The molecular formula is C59H38N2. The van der Waals surface area contributed by atoms with Gasteiger partial charge >= 0.3 is 0 Å². The van der Waals surface area contributed by atoms with Crippen LogP contribution in [0.15, 0.2) is 231 Å². The van der Waals surface area contributed by atoms with E-state index in [4.69, 9.17) is 0 Å². The summed E-state index contributed by atoms with van der Waals surface area (Å²) < 4.78 is 2.48. The van der Waals surface area contributed by atoms with Gasteiger partial charge in [-0.3, -0.25) is 0 Å². The monoisotopic (exact) mass is 774 g/mol. The van der Waals surface area contributed by atoms with E-state index in [-0.39, 0.29) is 0 Å². The zero-order valence-corrected chi connectivity index (χ0v) is 33.3. The smallest absolute Gasteiger partial charge is 0.0782 e. The van der Waals surface area contributed by atoms with Crippen LogP contribution in [0.25, 0.3) is 71.6 Å². The minimum atomic E-state index is -0.454. The number of hydrogen-bond donors (Lipinski definition) is 0. The zero-order valence-electron chi connectivity index (χ0n) is 33.3. The van der Waals surface area contributed by atoms with Gasteiger partial charge in [-0.25, -0.2) is 0 Å². The van der Waals surface area contributed by atoms with E-state index in [1.807, 2.05) is 0 Å². The molecule has 2 nitrogen and oxygen atoms in total. The van der Waals surface area contributed by atoms with E-state index in [2.05, 4.69) is 240 Å². The topological polar surface area (TPSA) is 8.17 Å². The molecule has 0 saturated heterocycles. The highest BCUT2D eigenvalue weighted by molar-refractivity contribution is 6.15. The molecule has 0 saturated carbocycles. The minimum Gasteiger partial charge on any atom is -0.308 e. The Morgan fingerprint density at radius 1 is 0.344 bits per heavy atom. The van der Waals surface area contributed by atoms with Gasteiger partial charge < -0.3 is 9.47 Å². The first-order chi connectivity index (χ1) is 30.3. The van der Waals surface area contributed by atoms with Crippen molar-refractivity contribution in [2.75, 3.05) is 4.90 Å². The van der Waals surface area contributed by atoms with Crippen molar-refractivity contribution in [1.82, 2.24) is 4.57 Å². The molecule has 0 atom stereocenters. The van der Waals surface area contributed by atoms with E-state index in [1.54, 1.807) is 0 Å². The molecule has 10 aromatic carbocycles. The van der Waals surface area contributed by atoms with Gasteiger partial charge in [0.15, 0.2) is 0 Å². The van der Waals surface area contributed by atoms with Crippen LogP contribution in [0.4, 0.5) is 17.1 Å². The Hall–Kier alpha value is -7.94. The molecule has 0 unspecified atom stereocenters. The molecule has 2 aliphatic carbocycles. The van der Waals surface area contributed by atoms with Crippen molar-refractivity contribution in [3.05, 3.63) is 253 Å². The van der Waals surface area contributed by atoms with Gasteiger partial charge in [-0.15, -0.1) is 0 Å². The predicted octanol–water partition coefficient (Wildman–Crippen LogP) is 15.4. The Labute approximate surface area is 354 Å². The second-order valence-electron chi connectivity index (χ2n) is 16.4. The summed E-state index contributed by atoms with van der Waals surface area (Å²) in [4.78, 5) is 2.50. The fraction of sp³-hybridized carbons (Fsp3) is 0.0169. The Morgan fingerprint density at radius 3 is 1.62 bits per heavy atom. The molecule has 1 aromatic heterocycles. The van der Waals surface area contributed by atoms with E-state index in [0.29, 0.717) is 0 Å². The molecule has 1 heterocycles. The molecule has 284 valence electrons. The quantitative estimate of drug-likeness (QED) is 0.169. The second kappa shape index (κ2) is 13.0. The van der Waals surface area contributed by atoms with Crippen LogP contribution in [-0.4, -0.2) is 4.57 Å². The van der Waals surface area contributed by atoms with Crippen LogP contribution >= 0.6 is 0 Å². The van der Waals surface area contributed by atoms with Gasteiger partial charge in [0.05, 0.1) is 22.1 Å². The van der Waals surface area contributed by atoms with Gasteiger partial charge in [0.2, 0.25) is 0 Å². The van der Waals surface area contributed by atoms with Crippen molar-refractivity contribution in [3.63, 3.8) is 0 Å². The summed E-state index contributed by atoms with van der Waals surface area (Å²) in [7, 11) is 0. The van der Waals surface area contributed by atoms with Crippen LogP contribution < -0.4 is 4.90 Å². The van der Waals surface area contributed by atoms with E-state index in [9.17, 15) is 0 Å². The highest BCUT2D eigenvalue weighted by Gasteiger charge is 2.51. The van der Waals surface area contributed by atoms with Crippen LogP contribution in [0, 0.1) is 0 Å². The number of benzene rings is 10. The summed E-state index contributed by atoms with van der Waals surface area (Å²) in [6.45, 7) is 0. The van der Waals surface area contributed by atoms with E-state index < -0.39 is 5.41 Å². The maximum absolute atomic E-state index is 2.50. The molecule has 0 N–H and O–H groups in total. The lowest BCUT2D eigenvalue weighted by molar-refractivity contribution is 0.793. The largest absolute Gasteiger partial charge is 0.308 e. The van der Waals surface area contributed by atoms with Crippen LogP contribution in [0.1, 0.15) is 22.3 Å². The predicted molar refractivity (Wildman–Crippen MR) is 255 cm³/mol. The summed E-state index contributed by atoms with van der Waals surface area (Å²) in [6.07, 6.45) is 0. The van der Waals surface area contributed by atoms with Crippen LogP contribution in [0.3, 0.4) is 0 Å². The second-order valence-corrected chi connectivity index (χ2v) is 16.4. The average Bonchev–Trinajstić information content (AvgIpc) is 3.94. The maximum Gasteiger partial charge on any atom is 0.0782 e. The number of anilines is 3. The molecule has 2 heteroatoms. The van der Waals surface area contributed by atoms with Gasteiger partial charge in [-0.1, -0.05) is 182 Å². The third kappa shape index (κ3) is 4.79. The molecule has 0 amide bonds. The summed E-state index contributed by atoms with van der Waals surface area (Å²) in [5.74, 6) is 0. The van der Waals surface area contributed by atoms with E-state index >= 15 is 0 Å².